The van der Waals surface area contributed by atoms with E-state index >= 15 is 0 Å². The van der Waals surface area contributed by atoms with E-state index in [1.54, 1.807) is 20.3 Å². The van der Waals surface area contributed by atoms with Crippen LogP contribution in [-0.4, -0.2) is 32.4 Å². The van der Waals surface area contributed by atoms with Crippen LogP contribution in [0.25, 0.3) is 17.2 Å². The molecule has 0 bridgehead atoms. The molecule has 0 radical (unpaired) electrons. The summed E-state index contributed by atoms with van der Waals surface area (Å²) in [6, 6.07) is 8.12. The number of hydrogen-bond acceptors (Lipinski definition) is 4. The van der Waals surface area contributed by atoms with Gasteiger partial charge in [-0.2, -0.15) is 0 Å². The van der Waals surface area contributed by atoms with Gasteiger partial charge in [-0.3, -0.25) is 4.79 Å². The van der Waals surface area contributed by atoms with Gasteiger partial charge in [0.05, 0.1) is 27.8 Å². The van der Waals surface area contributed by atoms with E-state index in [0.717, 1.165) is 22.3 Å². The Labute approximate surface area is 169 Å². The largest absolute Gasteiger partial charge is 0.493 e. The first-order valence-corrected chi connectivity index (χ1v) is 9.19. The third-order valence-corrected chi connectivity index (χ3v) is 4.97. The molecule has 0 saturated carbocycles. The summed E-state index contributed by atoms with van der Waals surface area (Å²) in [6.45, 7) is 1.96. The Morgan fingerprint density at radius 2 is 1.66 bits per heavy atom. The predicted octanol–water partition coefficient (Wildman–Crippen LogP) is 5.04. The number of hydrogen-bond donors (Lipinski definition) is 1. The molecule has 3 rings (SSSR count). The molecule has 29 heavy (non-hydrogen) atoms. The number of carbonyl (C=O) groups is 1. The van der Waals surface area contributed by atoms with Crippen LogP contribution in [0, 0.1) is 5.82 Å². The second kappa shape index (κ2) is 8.39. The molecule has 0 heterocycles. The molecule has 5 nitrogen and oxygen atoms in total. The number of rotatable bonds is 7. The van der Waals surface area contributed by atoms with Crippen LogP contribution in [0.4, 0.5) is 4.39 Å². The molecule has 0 spiro atoms. The maximum atomic E-state index is 13.9. The van der Waals surface area contributed by atoms with E-state index in [0.29, 0.717) is 34.8 Å². The molecule has 0 fully saturated rings. The van der Waals surface area contributed by atoms with Gasteiger partial charge in [0, 0.05) is 0 Å². The van der Waals surface area contributed by atoms with Crippen LogP contribution in [0.1, 0.15) is 36.5 Å². The van der Waals surface area contributed by atoms with Crippen molar-refractivity contribution in [3.8, 4) is 17.2 Å². The van der Waals surface area contributed by atoms with Crippen molar-refractivity contribution in [2.45, 2.75) is 19.8 Å². The van der Waals surface area contributed by atoms with Crippen LogP contribution in [0.2, 0.25) is 0 Å². The van der Waals surface area contributed by atoms with Crippen molar-refractivity contribution in [3.05, 3.63) is 58.4 Å². The van der Waals surface area contributed by atoms with Gasteiger partial charge in [-0.25, -0.2) is 4.39 Å². The van der Waals surface area contributed by atoms with Crippen LogP contribution in [0.5, 0.6) is 17.2 Å². The zero-order valence-electron chi connectivity index (χ0n) is 16.8. The minimum Gasteiger partial charge on any atom is -0.493 e. The van der Waals surface area contributed by atoms with Gasteiger partial charge in [-0.05, 0) is 70.2 Å². The Hall–Kier alpha value is -3.28. The average Bonchev–Trinajstić information content (AvgIpc) is 2.98. The fraction of sp³-hybridized carbons (Fsp3) is 0.261. The molecule has 6 heteroatoms. The molecule has 2 aromatic rings. The molecule has 0 saturated heterocycles. The lowest BCUT2D eigenvalue weighted by molar-refractivity contribution is -0.135. The molecular weight excluding hydrogens is 375 g/mol. The molecule has 2 aromatic carbocycles. The summed E-state index contributed by atoms with van der Waals surface area (Å²) in [7, 11) is 4.63. The third kappa shape index (κ3) is 3.83. The first kappa shape index (κ1) is 20.5. The van der Waals surface area contributed by atoms with E-state index in [1.165, 1.54) is 19.2 Å². The Kier molecular flexibility index (Phi) is 5.92. The number of ether oxygens (including phenoxy) is 3. The number of methoxy groups -OCH3 is 3. The molecule has 0 atom stereocenters. The maximum Gasteiger partial charge on any atom is 0.307 e. The third-order valence-electron chi connectivity index (χ3n) is 4.97. The van der Waals surface area contributed by atoms with Crippen molar-refractivity contribution in [2.75, 3.05) is 21.3 Å². The lowest BCUT2D eigenvalue weighted by Gasteiger charge is -2.14. The van der Waals surface area contributed by atoms with E-state index in [-0.39, 0.29) is 6.42 Å². The second-order valence-corrected chi connectivity index (χ2v) is 6.59. The smallest absolute Gasteiger partial charge is 0.307 e. The summed E-state index contributed by atoms with van der Waals surface area (Å²) in [4.78, 5) is 11.4. The fourth-order valence-electron chi connectivity index (χ4n) is 3.76. The minimum absolute atomic E-state index is 0.160. The Morgan fingerprint density at radius 1 is 1.00 bits per heavy atom. The van der Waals surface area contributed by atoms with Crippen LogP contribution in [0.15, 0.2) is 35.9 Å². The Morgan fingerprint density at radius 3 is 2.17 bits per heavy atom. The highest BCUT2D eigenvalue weighted by Gasteiger charge is 2.27. The standard InChI is InChI=1S/C23H23FO5/c1-5-15-17(8-13-9-20(27-2)23(29-4)21(10-13)28-3)16-7-6-14(24)11-18(16)19(15)12-22(25)26/h6-11H,5,12H2,1-4H3,(H,25,26)/b17-8-. The van der Waals surface area contributed by atoms with Gasteiger partial charge >= 0.3 is 5.97 Å². The number of allylic oxidation sites excluding steroid dienone is 2. The summed E-state index contributed by atoms with van der Waals surface area (Å²) in [5, 5.41) is 9.36. The van der Waals surface area contributed by atoms with Crippen molar-refractivity contribution in [1.29, 1.82) is 0 Å². The average molecular weight is 398 g/mol. The van der Waals surface area contributed by atoms with Crippen LogP contribution >= 0.6 is 0 Å². The molecule has 1 aliphatic carbocycles. The summed E-state index contributed by atoms with van der Waals surface area (Å²) in [6.07, 6.45) is 2.40. The molecule has 0 unspecified atom stereocenters. The summed E-state index contributed by atoms with van der Waals surface area (Å²) >= 11 is 0. The Balaban J connectivity index is 2.23. The highest BCUT2D eigenvalue weighted by molar-refractivity contribution is 6.08. The van der Waals surface area contributed by atoms with Crippen molar-refractivity contribution < 1.29 is 28.5 Å². The highest BCUT2D eigenvalue weighted by Crippen LogP contribution is 2.46. The maximum absolute atomic E-state index is 13.9. The van der Waals surface area contributed by atoms with Gasteiger partial charge in [0.1, 0.15) is 5.82 Å². The normalized spacial score (nSPS) is 14.2. The molecule has 1 aliphatic rings. The van der Waals surface area contributed by atoms with Crippen molar-refractivity contribution >= 4 is 23.2 Å². The number of fused-ring (bicyclic) bond motifs is 1. The lowest BCUT2D eigenvalue weighted by Crippen LogP contribution is -1.97. The van der Waals surface area contributed by atoms with Crippen LogP contribution in [0.3, 0.4) is 0 Å². The number of halogens is 1. The van der Waals surface area contributed by atoms with Gasteiger partial charge < -0.3 is 19.3 Å². The van der Waals surface area contributed by atoms with Crippen molar-refractivity contribution in [3.63, 3.8) is 0 Å². The molecule has 0 amide bonds. The first-order chi connectivity index (χ1) is 13.9. The number of aliphatic carboxylic acids is 1. The fourth-order valence-corrected chi connectivity index (χ4v) is 3.76. The summed E-state index contributed by atoms with van der Waals surface area (Å²) < 4.78 is 30.1. The van der Waals surface area contributed by atoms with Crippen molar-refractivity contribution in [2.24, 2.45) is 0 Å². The SMILES string of the molecule is CCC1=C(CC(=O)O)c2cc(F)ccc2/C1=C\c1cc(OC)c(OC)c(OC)c1. The molecule has 152 valence electrons. The van der Waals surface area contributed by atoms with E-state index in [9.17, 15) is 14.3 Å². The highest BCUT2D eigenvalue weighted by atomic mass is 19.1. The van der Waals surface area contributed by atoms with E-state index < -0.39 is 11.8 Å². The monoisotopic (exact) mass is 398 g/mol. The topological polar surface area (TPSA) is 65.0 Å². The number of carboxylic acid groups (broad SMARTS) is 1. The molecule has 1 N–H and O–H groups in total. The number of carboxylic acids is 1. The van der Waals surface area contributed by atoms with Gasteiger partial charge in [0.15, 0.2) is 11.5 Å². The Bertz CT molecular complexity index is 995. The summed E-state index contributed by atoms with van der Waals surface area (Å²) in [5.41, 5.74) is 4.64. The molecular formula is C23H23FO5. The molecule has 0 aromatic heterocycles. The minimum atomic E-state index is -0.949. The first-order valence-electron chi connectivity index (χ1n) is 9.19. The summed E-state index contributed by atoms with van der Waals surface area (Å²) in [5.74, 6) is 0.183. The zero-order chi connectivity index (χ0) is 21.1. The van der Waals surface area contributed by atoms with Gasteiger partial charge in [0.25, 0.3) is 0 Å². The van der Waals surface area contributed by atoms with Gasteiger partial charge in [-0.15, -0.1) is 0 Å². The zero-order valence-corrected chi connectivity index (χ0v) is 16.8. The predicted molar refractivity (Wildman–Crippen MR) is 110 cm³/mol. The molecule has 0 aliphatic heterocycles. The second-order valence-electron chi connectivity index (χ2n) is 6.59. The van der Waals surface area contributed by atoms with Gasteiger partial charge in [-0.1, -0.05) is 13.0 Å². The van der Waals surface area contributed by atoms with E-state index in [4.69, 9.17) is 14.2 Å². The lowest BCUT2D eigenvalue weighted by atomic mass is 9.98. The number of benzene rings is 2. The quantitative estimate of drug-likeness (QED) is 0.708. The van der Waals surface area contributed by atoms with E-state index in [2.05, 4.69) is 0 Å². The van der Waals surface area contributed by atoms with E-state index in [1.807, 2.05) is 25.1 Å². The van der Waals surface area contributed by atoms with Crippen LogP contribution in [-0.2, 0) is 4.79 Å². The van der Waals surface area contributed by atoms with Crippen LogP contribution < -0.4 is 14.2 Å². The van der Waals surface area contributed by atoms with Gasteiger partial charge in [0.2, 0.25) is 5.75 Å². The van der Waals surface area contributed by atoms with Crippen molar-refractivity contribution in [1.82, 2.24) is 0 Å².